The SMILES string of the molecule is CCc1nc(Cc2ccc(Br)cc2)nc(NC)c1C. The monoisotopic (exact) mass is 319 g/mol. The van der Waals surface area contributed by atoms with Crippen molar-refractivity contribution in [2.75, 3.05) is 12.4 Å². The van der Waals surface area contributed by atoms with Crippen molar-refractivity contribution in [1.82, 2.24) is 9.97 Å². The number of benzene rings is 1. The van der Waals surface area contributed by atoms with Crippen LogP contribution in [0, 0.1) is 6.92 Å². The summed E-state index contributed by atoms with van der Waals surface area (Å²) in [5.74, 6) is 1.80. The summed E-state index contributed by atoms with van der Waals surface area (Å²) in [5.41, 5.74) is 3.48. The number of aryl methyl sites for hydroxylation is 1. The van der Waals surface area contributed by atoms with E-state index in [2.05, 4.69) is 57.2 Å². The molecule has 0 atom stereocenters. The van der Waals surface area contributed by atoms with Gasteiger partial charge in [0.25, 0.3) is 0 Å². The Labute approximate surface area is 122 Å². The Hall–Kier alpha value is -1.42. The largest absolute Gasteiger partial charge is 0.373 e. The van der Waals surface area contributed by atoms with E-state index in [1.165, 1.54) is 5.56 Å². The highest BCUT2D eigenvalue weighted by Gasteiger charge is 2.09. The Balaban J connectivity index is 2.32. The van der Waals surface area contributed by atoms with Crippen molar-refractivity contribution in [2.45, 2.75) is 26.7 Å². The molecule has 2 rings (SSSR count). The van der Waals surface area contributed by atoms with Gasteiger partial charge in [0.15, 0.2) is 0 Å². The fraction of sp³-hybridized carbons (Fsp3) is 0.333. The lowest BCUT2D eigenvalue weighted by Gasteiger charge is -2.11. The summed E-state index contributed by atoms with van der Waals surface area (Å²) in [6.07, 6.45) is 1.69. The first-order valence-electron chi connectivity index (χ1n) is 6.42. The van der Waals surface area contributed by atoms with E-state index >= 15 is 0 Å². The van der Waals surface area contributed by atoms with Crippen molar-refractivity contribution in [1.29, 1.82) is 0 Å². The van der Waals surface area contributed by atoms with E-state index in [0.717, 1.165) is 40.2 Å². The van der Waals surface area contributed by atoms with Gasteiger partial charge in [-0.2, -0.15) is 0 Å². The van der Waals surface area contributed by atoms with E-state index in [0.29, 0.717) is 0 Å². The number of halogens is 1. The van der Waals surface area contributed by atoms with Crippen LogP contribution in [-0.2, 0) is 12.8 Å². The first-order chi connectivity index (χ1) is 9.13. The van der Waals surface area contributed by atoms with E-state index in [9.17, 15) is 0 Å². The summed E-state index contributed by atoms with van der Waals surface area (Å²) < 4.78 is 1.09. The van der Waals surface area contributed by atoms with Crippen LogP contribution in [0.3, 0.4) is 0 Å². The van der Waals surface area contributed by atoms with E-state index in [4.69, 9.17) is 0 Å². The summed E-state index contributed by atoms with van der Waals surface area (Å²) in [6, 6.07) is 8.28. The molecule has 0 saturated carbocycles. The van der Waals surface area contributed by atoms with Gasteiger partial charge in [-0.1, -0.05) is 35.0 Å². The van der Waals surface area contributed by atoms with E-state index in [1.807, 2.05) is 19.2 Å². The molecular weight excluding hydrogens is 302 g/mol. The summed E-state index contributed by atoms with van der Waals surface area (Å²) in [7, 11) is 1.90. The molecule has 0 aliphatic rings. The fourth-order valence-corrected chi connectivity index (χ4v) is 2.33. The van der Waals surface area contributed by atoms with Crippen LogP contribution >= 0.6 is 15.9 Å². The van der Waals surface area contributed by atoms with Gasteiger partial charge in [-0.05, 0) is 31.0 Å². The minimum absolute atomic E-state index is 0.759. The lowest BCUT2D eigenvalue weighted by Crippen LogP contribution is -2.07. The third kappa shape index (κ3) is 3.32. The lowest BCUT2D eigenvalue weighted by atomic mass is 10.1. The standard InChI is InChI=1S/C15H18BrN3/c1-4-13-10(2)15(17-3)19-14(18-13)9-11-5-7-12(16)8-6-11/h5-8H,4,9H2,1-3H3,(H,17,18,19). The Bertz CT molecular complexity index is 539. The molecule has 19 heavy (non-hydrogen) atoms. The average Bonchev–Trinajstić information content (AvgIpc) is 2.43. The van der Waals surface area contributed by atoms with Gasteiger partial charge in [0.05, 0.1) is 0 Å². The molecule has 1 aromatic heterocycles. The van der Waals surface area contributed by atoms with Crippen molar-refractivity contribution in [3.8, 4) is 0 Å². The third-order valence-corrected chi connectivity index (χ3v) is 3.67. The van der Waals surface area contributed by atoms with Gasteiger partial charge in [0.1, 0.15) is 11.6 Å². The number of hydrogen-bond acceptors (Lipinski definition) is 3. The Kier molecular flexibility index (Phi) is 4.53. The predicted molar refractivity (Wildman–Crippen MR) is 82.6 cm³/mol. The van der Waals surface area contributed by atoms with Crippen LogP contribution in [0.5, 0.6) is 0 Å². The number of nitrogens with one attached hydrogen (secondary N) is 1. The molecule has 0 fully saturated rings. The minimum Gasteiger partial charge on any atom is -0.373 e. The lowest BCUT2D eigenvalue weighted by molar-refractivity contribution is 0.891. The van der Waals surface area contributed by atoms with Gasteiger partial charge in [0.2, 0.25) is 0 Å². The predicted octanol–water partition coefficient (Wildman–Crippen LogP) is 3.74. The van der Waals surface area contributed by atoms with Crippen LogP contribution in [-0.4, -0.2) is 17.0 Å². The minimum atomic E-state index is 0.759. The van der Waals surface area contributed by atoms with Gasteiger partial charge in [-0.15, -0.1) is 0 Å². The maximum atomic E-state index is 4.65. The van der Waals surface area contributed by atoms with Gasteiger partial charge in [-0.25, -0.2) is 9.97 Å². The molecule has 0 spiro atoms. The summed E-state index contributed by atoms with van der Waals surface area (Å²) in [6.45, 7) is 4.19. The molecule has 1 N–H and O–H groups in total. The second-order valence-corrected chi connectivity index (χ2v) is 5.38. The van der Waals surface area contributed by atoms with Crippen molar-refractivity contribution in [2.24, 2.45) is 0 Å². The van der Waals surface area contributed by atoms with Crippen LogP contribution in [0.1, 0.15) is 29.6 Å². The molecule has 0 unspecified atom stereocenters. The van der Waals surface area contributed by atoms with E-state index in [-0.39, 0.29) is 0 Å². The van der Waals surface area contributed by atoms with E-state index < -0.39 is 0 Å². The Morgan fingerprint density at radius 3 is 2.42 bits per heavy atom. The number of nitrogens with zero attached hydrogens (tertiary/aromatic N) is 2. The van der Waals surface area contributed by atoms with Crippen LogP contribution < -0.4 is 5.32 Å². The second kappa shape index (κ2) is 6.15. The molecule has 1 heterocycles. The van der Waals surface area contributed by atoms with Crippen LogP contribution in [0.15, 0.2) is 28.7 Å². The van der Waals surface area contributed by atoms with E-state index in [1.54, 1.807) is 0 Å². The number of hydrogen-bond donors (Lipinski definition) is 1. The zero-order valence-corrected chi connectivity index (χ0v) is 13.1. The molecule has 4 heteroatoms. The second-order valence-electron chi connectivity index (χ2n) is 4.47. The normalized spacial score (nSPS) is 10.5. The average molecular weight is 320 g/mol. The van der Waals surface area contributed by atoms with Gasteiger partial charge >= 0.3 is 0 Å². The van der Waals surface area contributed by atoms with Crippen molar-refractivity contribution in [3.05, 3.63) is 51.4 Å². The molecule has 3 nitrogen and oxygen atoms in total. The quantitative estimate of drug-likeness (QED) is 0.932. The van der Waals surface area contributed by atoms with Crippen molar-refractivity contribution in [3.63, 3.8) is 0 Å². The molecule has 0 aliphatic carbocycles. The smallest absolute Gasteiger partial charge is 0.135 e. The molecule has 0 radical (unpaired) electrons. The maximum absolute atomic E-state index is 4.65. The fourth-order valence-electron chi connectivity index (χ4n) is 2.07. The molecule has 100 valence electrons. The van der Waals surface area contributed by atoms with Gasteiger partial charge in [-0.3, -0.25) is 0 Å². The van der Waals surface area contributed by atoms with Crippen LogP contribution in [0.2, 0.25) is 0 Å². The topological polar surface area (TPSA) is 37.8 Å². The van der Waals surface area contributed by atoms with Crippen LogP contribution in [0.25, 0.3) is 0 Å². The molecular formula is C15H18BrN3. The summed E-state index contributed by atoms with van der Waals surface area (Å²) in [5, 5.41) is 3.15. The third-order valence-electron chi connectivity index (χ3n) is 3.14. The Morgan fingerprint density at radius 2 is 1.84 bits per heavy atom. The summed E-state index contributed by atoms with van der Waals surface area (Å²) in [4.78, 5) is 9.24. The Morgan fingerprint density at radius 1 is 1.16 bits per heavy atom. The first kappa shape index (κ1) is 14.0. The zero-order valence-electron chi connectivity index (χ0n) is 11.5. The number of aromatic nitrogens is 2. The highest BCUT2D eigenvalue weighted by atomic mass is 79.9. The molecule has 0 amide bonds. The maximum Gasteiger partial charge on any atom is 0.135 e. The number of rotatable bonds is 4. The molecule has 2 aromatic rings. The molecule has 1 aromatic carbocycles. The van der Waals surface area contributed by atoms with Gasteiger partial charge < -0.3 is 5.32 Å². The molecule has 0 saturated heterocycles. The van der Waals surface area contributed by atoms with Crippen LogP contribution in [0.4, 0.5) is 5.82 Å². The van der Waals surface area contributed by atoms with Crippen molar-refractivity contribution >= 4 is 21.7 Å². The first-order valence-corrected chi connectivity index (χ1v) is 7.22. The highest BCUT2D eigenvalue weighted by Crippen LogP contribution is 2.18. The molecule has 0 bridgehead atoms. The molecule has 0 aliphatic heterocycles. The number of anilines is 1. The van der Waals surface area contributed by atoms with Crippen molar-refractivity contribution < 1.29 is 0 Å². The highest BCUT2D eigenvalue weighted by molar-refractivity contribution is 9.10. The summed E-state index contributed by atoms with van der Waals surface area (Å²) >= 11 is 3.44. The zero-order chi connectivity index (χ0) is 13.8. The van der Waals surface area contributed by atoms with Gasteiger partial charge in [0, 0.05) is 29.2 Å².